The molecule has 3 aliphatic carbocycles. The lowest BCUT2D eigenvalue weighted by atomic mass is 9.46. The molecule has 3 heteroatoms. The van der Waals surface area contributed by atoms with Gasteiger partial charge >= 0.3 is 0 Å². The molecule has 3 nitrogen and oxygen atoms in total. The van der Waals surface area contributed by atoms with E-state index in [9.17, 15) is 15.3 Å². The van der Waals surface area contributed by atoms with Gasteiger partial charge in [0.15, 0.2) is 0 Å². The van der Waals surface area contributed by atoms with E-state index in [0.717, 1.165) is 25.7 Å². The first-order valence-corrected chi connectivity index (χ1v) is 7.28. The van der Waals surface area contributed by atoms with Gasteiger partial charge in [-0.15, -0.1) is 0 Å². The summed E-state index contributed by atoms with van der Waals surface area (Å²) in [6.45, 7) is 4.81. The van der Waals surface area contributed by atoms with Crippen LogP contribution < -0.4 is 0 Å². The number of hydrogen-bond acceptors (Lipinski definition) is 3. The zero-order chi connectivity index (χ0) is 13.2. The van der Waals surface area contributed by atoms with E-state index in [1.54, 1.807) is 0 Å². The Morgan fingerprint density at radius 1 is 1.06 bits per heavy atom. The summed E-state index contributed by atoms with van der Waals surface area (Å²) in [5, 5.41) is 29.9. The molecule has 0 radical (unpaired) electrons. The van der Waals surface area contributed by atoms with Crippen molar-refractivity contribution in [3.63, 3.8) is 0 Å². The van der Waals surface area contributed by atoms with Crippen molar-refractivity contribution in [3.8, 4) is 0 Å². The molecule has 3 fully saturated rings. The number of aliphatic hydroxyl groups is 3. The standard InChI is InChI=1S/C15H26O3/c1-13-3-4-15(7-13,9-17)6-11(18)12-10(13)5-14(12,2)8-16/h10-12,16-18H,3-9H2,1-2H3/t10-,11-,12-,13-,14-,15+/m0/s1. The molecular weight excluding hydrogens is 228 g/mol. The molecule has 0 saturated heterocycles. The van der Waals surface area contributed by atoms with Crippen molar-refractivity contribution >= 4 is 0 Å². The van der Waals surface area contributed by atoms with Crippen LogP contribution >= 0.6 is 0 Å². The third-order valence-electron chi connectivity index (χ3n) is 6.58. The van der Waals surface area contributed by atoms with Gasteiger partial charge in [0.05, 0.1) is 6.10 Å². The third-order valence-corrected chi connectivity index (χ3v) is 6.58. The Bertz CT molecular complexity index is 358. The SMILES string of the molecule is C[C@@]1(CO)C[C@H]2[C@H]1[C@@H](O)C[C@]1(CO)CC[C@@]2(C)C1. The van der Waals surface area contributed by atoms with Gasteiger partial charge < -0.3 is 15.3 Å². The average Bonchev–Trinajstić information content (AvgIpc) is 2.60. The highest BCUT2D eigenvalue weighted by Gasteiger charge is 2.65. The smallest absolute Gasteiger partial charge is 0.0583 e. The van der Waals surface area contributed by atoms with Crippen molar-refractivity contribution in [2.45, 2.75) is 52.1 Å². The van der Waals surface area contributed by atoms with Crippen molar-refractivity contribution in [2.75, 3.05) is 13.2 Å². The lowest BCUT2D eigenvalue weighted by molar-refractivity contribution is -0.164. The Balaban J connectivity index is 1.94. The average molecular weight is 254 g/mol. The van der Waals surface area contributed by atoms with E-state index in [-0.39, 0.29) is 41.5 Å². The minimum absolute atomic E-state index is 0.0537. The van der Waals surface area contributed by atoms with Crippen LogP contribution in [0.4, 0.5) is 0 Å². The second-order valence-corrected chi connectivity index (χ2v) is 7.91. The maximum absolute atomic E-state index is 10.6. The van der Waals surface area contributed by atoms with Crippen LogP contribution in [0.2, 0.25) is 0 Å². The minimum atomic E-state index is -0.352. The van der Waals surface area contributed by atoms with Gasteiger partial charge in [-0.3, -0.25) is 0 Å². The molecule has 104 valence electrons. The van der Waals surface area contributed by atoms with Crippen molar-refractivity contribution in [2.24, 2.45) is 28.1 Å². The van der Waals surface area contributed by atoms with Gasteiger partial charge in [0, 0.05) is 13.2 Å². The fraction of sp³-hybridized carbons (Fsp3) is 1.00. The van der Waals surface area contributed by atoms with Crippen LogP contribution in [0.3, 0.4) is 0 Å². The highest BCUT2D eigenvalue weighted by Crippen LogP contribution is 2.69. The van der Waals surface area contributed by atoms with Crippen LogP contribution in [-0.2, 0) is 0 Å². The molecule has 3 aliphatic rings. The Hall–Kier alpha value is -0.120. The van der Waals surface area contributed by atoms with E-state index in [2.05, 4.69) is 13.8 Å². The summed E-state index contributed by atoms with van der Waals surface area (Å²) in [6, 6.07) is 0. The molecule has 0 aromatic heterocycles. The van der Waals surface area contributed by atoms with Crippen LogP contribution in [0.15, 0.2) is 0 Å². The summed E-state index contributed by atoms with van der Waals surface area (Å²) in [6.07, 6.45) is 4.67. The normalized spacial score (nSPS) is 58.8. The predicted octanol–water partition coefficient (Wildman–Crippen LogP) is 1.55. The van der Waals surface area contributed by atoms with Crippen LogP contribution in [0.25, 0.3) is 0 Å². The summed E-state index contributed by atoms with van der Waals surface area (Å²) in [5.41, 5.74) is 0.107. The monoisotopic (exact) mass is 254 g/mol. The van der Waals surface area contributed by atoms with Crippen molar-refractivity contribution in [1.82, 2.24) is 0 Å². The molecule has 0 aliphatic heterocycles. The van der Waals surface area contributed by atoms with Gasteiger partial charge in [-0.05, 0) is 60.2 Å². The zero-order valence-corrected chi connectivity index (χ0v) is 11.5. The molecule has 3 rings (SSSR count). The van der Waals surface area contributed by atoms with Gasteiger partial charge in [-0.25, -0.2) is 0 Å². The summed E-state index contributed by atoms with van der Waals surface area (Å²) in [5.74, 6) is 0.752. The maximum Gasteiger partial charge on any atom is 0.0583 e. The Kier molecular flexibility index (Phi) is 2.66. The number of hydrogen-bond donors (Lipinski definition) is 3. The van der Waals surface area contributed by atoms with Gasteiger partial charge in [0.2, 0.25) is 0 Å². The second kappa shape index (κ2) is 3.71. The molecule has 0 amide bonds. The van der Waals surface area contributed by atoms with Crippen molar-refractivity contribution < 1.29 is 15.3 Å². The first kappa shape index (κ1) is 12.9. The molecule has 0 unspecified atom stereocenters. The lowest BCUT2D eigenvalue weighted by Crippen LogP contribution is -2.57. The van der Waals surface area contributed by atoms with Crippen molar-refractivity contribution in [3.05, 3.63) is 0 Å². The van der Waals surface area contributed by atoms with Crippen molar-refractivity contribution in [1.29, 1.82) is 0 Å². The third kappa shape index (κ3) is 1.47. The summed E-state index contributed by atoms with van der Waals surface area (Å²) < 4.78 is 0. The topological polar surface area (TPSA) is 60.7 Å². The highest BCUT2D eigenvalue weighted by molar-refractivity contribution is 5.14. The lowest BCUT2D eigenvalue weighted by Gasteiger charge is -2.59. The fourth-order valence-corrected chi connectivity index (χ4v) is 5.52. The molecule has 18 heavy (non-hydrogen) atoms. The van der Waals surface area contributed by atoms with Gasteiger partial charge in [0.25, 0.3) is 0 Å². The molecule has 2 bridgehead atoms. The molecule has 0 heterocycles. The fourth-order valence-electron chi connectivity index (χ4n) is 5.52. The Labute approximate surface area is 109 Å². The van der Waals surface area contributed by atoms with E-state index in [4.69, 9.17) is 0 Å². The Morgan fingerprint density at radius 3 is 2.39 bits per heavy atom. The number of fused-ring (bicyclic) bond motifs is 4. The molecule has 3 saturated carbocycles. The van der Waals surface area contributed by atoms with Gasteiger partial charge in [0.1, 0.15) is 0 Å². The van der Waals surface area contributed by atoms with Crippen LogP contribution in [0, 0.1) is 28.1 Å². The first-order valence-electron chi connectivity index (χ1n) is 7.28. The van der Waals surface area contributed by atoms with Crippen LogP contribution in [-0.4, -0.2) is 34.6 Å². The van der Waals surface area contributed by atoms with Gasteiger partial charge in [-0.1, -0.05) is 13.8 Å². The van der Waals surface area contributed by atoms with E-state index in [1.165, 1.54) is 6.42 Å². The largest absolute Gasteiger partial charge is 0.396 e. The van der Waals surface area contributed by atoms with Crippen LogP contribution in [0.5, 0.6) is 0 Å². The Morgan fingerprint density at radius 2 is 1.78 bits per heavy atom. The van der Waals surface area contributed by atoms with Gasteiger partial charge in [-0.2, -0.15) is 0 Å². The van der Waals surface area contributed by atoms with E-state index < -0.39 is 0 Å². The van der Waals surface area contributed by atoms with E-state index in [0.29, 0.717) is 5.92 Å². The molecule has 3 N–H and O–H groups in total. The molecule has 0 spiro atoms. The summed E-state index contributed by atoms with van der Waals surface area (Å²) in [4.78, 5) is 0. The first-order chi connectivity index (χ1) is 8.38. The van der Waals surface area contributed by atoms with E-state index >= 15 is 0 Å². The molecular formula is C15H26O3. The quantitative estimate of drug-likeness (QED) is 0.701. The number of rotatable bonds is 2. The highest BCUT2D eigenvalue weighted by atomic mass is 16.3. The second-order valence-electron chi connectivity index (χ2n) is 7.91. The summed E-state index contributed by atoms with van der Waals surface area (Å²) >= 11 is 0. The molecule has 0 aromatic rings. The predicted molar refractivity (Wildman–Crippen MR) is 68.9 cm³/mol. The molecule has 6 atom stereocenters. The van der Waals surface area contributed by atoms with E-state index in [1.807, 2.05) is 0 Å². The maximum atomic E-state index is 10.6. The molecule has 0 aromatic carbocycles. The summed E-state index contributed by atoms with van der Waals surface area (Å²) in [7, 11) is 0. The zero-order valence-electron chi connectivity index (χ0n) is 11.5. The van der Waals surface area contributed by atoms with Crippen LogP contribution in [0.1, 0.15) is 46.0 Å². The minimum Gasteiger partial charge on any atom is -0.396 e. The number of aliphatic hydroxyl groups excluding tert-OH is 3.